The summed E-state index contributed by atoms with van der Waals surface area (Å²) in [7, 11) is 0. The maximum atomic E-state index is 12.3. The van der Waals surface area contributed by atoms with Gasteiger partial charge in [-0.15, -0.1) is 0 Å². The number of nitrogens with one attached hydrogen (secondary N) is 1. The van der Waals surface area contributed by atoms with Gasteiger partial charge in [0.1, 0.15) is 6.26 Å². The van der Waals surface area contributed by atoms with Crippen molar-refractivity contribution < 1.29 is 14.3 Å². The Labute approximate surface area is 155 Å². The molecule has 1 saturated carbocycles. The van der Waals surface area contributed by atoms with Crippen LogP contribution in [-0.2, 0) is 6.54 Å². The van der Waals surface area contributed by atoms with Crippen LogP contribution in [0.15, 0.2) is 10.7 Å². The van der Waals surface area contributed by atoms with Crippen LogP contribution in [0.25, 0.3) is 0 Å². The Morgan fingerprint density at radius 1 is 1.27 bits per heavy atom. The molecular weight excluding hydrogens is 332 g/mol. The molecule has 0 spiro atoms. The molecule has 1 aliphatic carbocycles. The molecule has 3 rings (SSSR count). The zero-order valence-electron chi connectivity index (χ0n) is 15.8. The number of aliphatic hydroxyl groups excluding tert-OH is 1. The molecule has 26 heavy (non-hydrogen) atoms. The number of piperazine rings is 1. The number of hydrogen-bond acceptors (Lipinski definition) is 6. The monoisotopic (exact) mass is 364 g/mol. The second-order valence-corrected chi connectivity index (χ2v) is 7.57. The highest BCUT2D eigenvalue weighted by molar-refractivity contribution is 5.92. The van der Waals surface area contributed by atoms with Crippen LogP contribution in [0.2, 0.25) is 0 Å². The largest absolute Gasteiger partial charge is 0.447 e. The summed E-state index contributed by atoms with van der Waals surface area (Å²) in [6.07, 6.45) is 7.81. The third-order valence-electron chi connectivity index (χ3n) is 5.49. The summed E-state index contributed by atoms with van der Waals surface area (Å²) >= 11 is 0. The van der Waals surface area contributed by atoms with E-state index >= 15 is 0 Å². The fourth-order valence-electron chi connectivity index (χ4n) is 3.74. The lowest BCUT2D eigenvalue weighted by atomic mass is 9.95. The fraction of sp³-hybridized carbons (Fsp3) is 0.789. The van der Waals surface area contributed by atoms with Crippen molar-refractivity contribution in [3.63, 3.8) is 0 Å². The van der Waals surface area contributed by atoms with Gasteiger partial charge in [-0.1, -0.05) is 26.2 Å². The normalized spacial score (nSPS) is 21.6. The Hall–Kier alpha value is -1.44. The van der Waals surface area contributed by atoms with Crippen LogP contribution in [-0.4, -0.2) is 70.7 Å². The molecular formula is C19H32N4O3. The summed E-state index contributed by atoms with van der Waals surface area (Å²) in [5, 5.41) is 12.8. The first-order chi connectivity index (χ1) is 12.6. The van der Waals surface area contributed by atoms with E-state index in [4.69, 9.17) is 4.42 Å². The number of oxazole rings is 1. The first-order valence-electron chi connectivity index (χ1n) is 10.0. The Kier molecular flexibility index (Phi) is 7.05. The zero-order valence-corrected chi connectivity index (χ0v) is 15.8. The minimum absolute atomic E-state index is 0.120. The van der Waals surface area contributed by atoms with Crippen molar-refractivity contribution in [2.24, 2.45) is 0 Å². The molecule has 2 fully saturated rings. The number of carbonyl (C=O) groups is 1. The molecule has 1 amide bonds. The van der Waals surface area contributed by atoms with Gasteiger partial charge in [0.2, 0.25) is 5.89 Å². The van der Waals surface area contributed by atoms with E-state index in [9.17, 15) is 9.90 Å². The van der Waals surface area contributed by atoms with Crippen molar-refractivity contribution >= 4 is 5.91 Å². The highest BCUT2D eigenvalue weighted by atomic mass is 16.3. The maximum absolute atomic E-state index is 12.3. The van der Waals surface area contributed by atoms with Gasteiger partial charge in [0.25, 0.3) is 5.91 Å². The van der Waals surface area contributed by atoms with Gasteiger partial charge in [-0.05, 0) is 19.3 Å². The van der Waals surface area contributed by atoms with Crippen molar-refractivity contribution in [1.29, 1.82) is 0 Å². The van der Waals surface area contributed by atoms with Crippen molar-refractivity contribution in [2.75, 3.05) is 32.7 Å². The molecule has 1 saturated heterocycles. The molecule has 0 radical (unpaired) electrons. The van der Waals surface area contributed by atoms with Gasteiger partial charge in [0.15, 0.2) is 5.69 Å². The lowest BCUT2D eigenvalue weighted by Crippen LogP contribution is -2.48. The molecule has 2 aliphatic rings. The van der Waals surface area contributed by atoms with Crippen LogP contribution >= 0.6 is 0 Å². The first-order valence-corrected chi connectivity index (χ1v) is 10.0. The number of rotatable bonds is 7. The highest BCUT2D eigenvalue weighted by Gasteiger charge is 2.22. The number of hydrogen-bond donors (Lipinski definition) is 2. The van der Waals surface area contributed by atoms with E-state index in [1.807, 2.05) is 6.92 Å². The maximum Gasteiger partial charge on any atom is 0.273 e. The molecule has 2 heterocycles. The van der Waals surface area contributed by atoms with Crippen molar-refractivity contribution in [3.8, 4) is 0 Å². The number of carbonyl (C=O) groups excluding carboxylic acids is 1. The van der Waals surface area contributed by atoms with Crippen molar-refractivity contribution in [3.05, 3.63) is 17.8 Å². The third-order valence-corrected chi connectivity index (χ3v) is 5.49. The van der Waals surface area contributed by atoms with Gasteiger partial charge in [-0.3, -0.25) is 14.6 Å². The molecule has 1 aliphatic heterocycles. The molecule has 1 aromatic heterocycles. The lowest BCUT2D eigenvalue weighted by molar-refractivity contribution is 0.0658. The van der Waals surface area contributed by atoms with E-state index in [2.05, 4.69) is 20.1 Å². The van der Waals surface area contributed by atoms with Gasteiger partial charge in [-0.25, -0.2) is 4.98 Å². The number of aromatic nitrogens is 1. The van der Waals surface area contributed by atoms with Crippen LogP contribution in [0.5, 0.6) is 0 Å². The zero-order chi connectivity index (χ0) is 18.4. The number of aliphatic hydroxyl groups is 1. The average Bonchev–Trinajstić information content (AvgIpc) is 3.13. The smallest absolute Gasteiger partial charge is 0.273 e. The predicted molar refractivity (Wildman–Crippen MR) is 98.9 cm³/mol. The number of β-amino-alcohol motifs (C(OH)–C–C–N with tert-alkyl or cyclic N) is 1. The molecule has 1 atom stereocenters. The second-order valence-electron chi connectivity index (χ2n) is 7.57. The van der Waals surface area contributed by atoms with Gasteiger partial charge in [0, 0.05) is 38.8 Å². The topological polar surface area (TPSA) is 81.8 Å². The molecule has 1 aromatic rings. The number of amides is 1. The lowest BCUT2D eigenvalue weighted by Gasteiger charge is -2.34. The van der Waals surface area contributed by atoms with E-state index in [0.717, 1.165) is 52.0 Å². The van der Waals surface area contributed by atoms with Gasteiger partial charge < -0.3 is 14.8 Å². The molecule has 0 aromatic carbocycles. The molecule has 146 valence electrons. The molecule has 0 bridgehead atoms. The summed E-state index contributed by atoms with van der Waals surface area (Å²) in [4.78, 5) is 21.3. The van der Waals surface area contributed by atoms with Crippen LogP contribution in [0.4, 0.5) is 0 Å². The summed E-state index contributed by atoms with van der Waals surface area (Å²) < 4.78 is 5.52. The first kappa shape index (κ1) is 19.3. The molecule has 0 unspecified atom stereocenters. The van der Waals surface area contributed by atoms with E-state index in [0.29, 0.717) is 18.1 Å². The predicted octanol–water partition coefficient (Wildman–Crippen LogP) is 1.63. The van der Waals surface area contributed by atoms with Crippen LogP contribution in [0.3, 0.4) is 0 Å². The Bertz CT molecular complexity index is 563. The Balaban J connectivity index is 1.43. The van der Waals surface area contributed by atoms with Gasteiger partial charge in [-0.2, -0.15) is 0 Å². The standard InChI is InChI=1S/C19H32N4O3/c1-2-16(24)12-22-8-10-23(11-9-22)13-18-21-17(14-26-18)19(25)20-15-6-4-3-5-7-15/h14-16,24H,2-13H2,1H3,(H,20,25)/t16-/m1/s1. The van der Waals surface area contributed by atoms with Crippen LogP contribution in [0.1, 0.15) is 61.8 Å². The average molecular weight is 364 g/mol. The summed E-state index contributed by atoms with van der Waals surface area (Å²) in [6, 6.07) is 0.281. The molecule has 7 heteroatoms. The van der Waals surface area contributed by atoms with E-state index in [1.165, 1.54) is 25.5 Å². The summed E-state index contributed by atoms with van der Waals surface area (Å²) in [5.74, 6) is 0.478. The van der Waals surface area contributed by atoms with Crippen LogP contribution < -0.4 is 5.32 Å². The summed E-state index contributed by atoms with van der Waals surface area (Å²) in [6.45, 7) is 7.09. The second kappa shape index (κ2) is 9.48. The minimum atomic E-state index is -0.237. The van der Waals surface area contributed by atoms with Crippen LogP contribution in [0, 0.1) is 0 Å². The Morgan fingerprint density at radius 3 is 2.65 bits per heavy atom. The molecule has 7 nitrogen and oxygen atoms in total. The quantitative estimate of drug-likeness (QED) is 0.765. The third kappa shape index (κ3) is 5.53. The minimum Gasteiger partial charge on any atom is -0.447 e. The fourth-order valence-corrected chi connectivity index (χ4v) is 3.74. The van der Waals surface area contributed by atoms with Gasteiger partial charge >= 0.3 is 0 Å². The number of nitrogens with zero attached hydrogens (tertiary/aromatic N) is 3. The SMILES string of the molecule is CC[C@@H](O)CN1CCN(Cc2nc(C(=O)NC3CCCCC3)co2)CC1. The Morgan fingerprint density at radius 2 is 1.96 bits per heavy atom. The van der Waals surface area contributed by atoms with E-state index < -0.39 is 0 Å². The van der Waals surface area contributed by atoms with Crippen molar-refractivity contribution in [1.82, 2.24) is 20.1 Å². The van der Waals surface area contributed by atoms with Crippen molar-refractivity contribution in [2.45, 2.75) is 64.1 Å². The van der Waals surface area contributed by atoms with E-state index in [-0.39, 0.29) is 18.1 Å². The van der Waals surface area contributed by atoms with E-state index in [1.54, 1.807) is 0 Å². The van der Waals surface area contributed by atoms with Gasteiger partial charge in [0.05, 0.1) is 12.6 Å². The molecule has 2 N–H and O–H groups in total. The summed E-state index contributed by atoms with van der Waals surface area (Å²) in [5.41, 5.74) is 0.385. The highest BCUT2D eigenvalue weighted by Crippen LogP contribution is 2.18.